The Balaban J connectivity index is 2.84. The quantitative estimate of drug-likeness (QED) is 0.212. The number of amidine groups is 1. The van der Waals surface area contributed by atoms with Crippen molar-refractivity contribution in [3.63, 3.8) is 0 Å². The molecule has 3 heteroatoms. The first-order valence-electron chi connectivity index (χ1n) is 12.3. The highest BCUT2D eigenvalue weighted by atomic mass is 14.9. The van der Waals surface area contributed by atoms with Gasteiger partial charge in [-0.3, -0.25) is 4.99 Å². The van der Waals surface area contributed by atoms with Crippen LogP contribution >= 0.6 is 0 Å². The van der Waals surface area contributed by atoms with Gasteiger partial charge in [-0.05, 0) is 100.0 Å². The van der Waals surface area contributed by atoms with E-state index in [0.717, 1.165) is 37.9 Å². The van der Waals surface area contributed by atoms with E-state index in [9.17, 15) is 0 Å². The molecule has 0 spiro atoms. The van der Waals surface area contributed by atoms with Gasteiger partial charge in [-0.1, -0.05) is 46.6 Å². The number of nitrogens with two attached hydrogens (primary N) is 2. The molecule has 1 aromatic carbocycles. The lowest BCUT2D eigenvalue weighted by atomic mass is 9.82. The Bertz CT molecular complexity index is 688. The predicted octanol–water partition coefficient (Wildman–Crippen LogP) is 6.77. The van der Waals surface area contributed by atoms with Gasteiger partial charge in [0.25, 0.3) is 0 Å². The minimum Gasteiger partial charge on any atom is -0.387 e. The second kappa shape index (κ2) is 12.5. The van der Waals surface area contributed by atoms with Crippen LogP contribution in [0.1, 0.15) is 107 Å². The number of unbranched alkanes of at least 4 members (excludes halogenated alkanes) is 1. The Morgan fingerprint density at radius 3 is 2.20 bits per heavy atom. The van der Waals surface area contributed by atoms with Crippen molar-refractivity contribution in [3.8, 4) is 0 Å². The lowest BCUT2D eigenvalue weighted by Gasteiger charge is -2.30. The Labute approximate surface area is 187 Å². The minimum atomic E-state index is -0.0460. The molecule has 0 amide bonds. The molecule has 1 aromatic rings. The summed E-state index contributed by atoms with van der Waals surface area (Å²) in [6, 6.07) is 2.39. The molecule has 3 unspecified atom stereocenters. The van der Waals surface area contributed by atoms with Crippen molar-refractivity contribution in [3.05, 3.63) is 33.9 Å². The van der Waals surface area contributed by atoms with Crippen LogP contribution in [0.15, 0.2) is 11.1 Å². The van der Waals surface area contributed by atoms with Crippen molar-refractivity contribution in [1.29, 1.82) is 0 Å². The number of rotatable bonds is 13. The fraction of sp³-hybridized carbons (Fsp3) is 0.741. The normalized spacial score (nSPS) is 16.4. The van der Waals surface area contributed by atoms with Crippen molar-refractivity contribution in [2.45, 2.75) is 119 Å². The first kappa shape index (κ1) is 26.7. The van der Waals surface area contributed by atoms with E-state index < -0.39 is 0 Å². The van der Waals surface area contributed by atoms with Gasteiger partial charge in [0.05, 0.1) is 12.4 Å². The Morgan fingerprint density at radius 2 is 1.63 bits per heavy atom. The number of aliphatic imine (C=N–C) groups is 1. The smallest absolute Gasteiger partial charge is 0.0972 e. The average molecular weight is 416 g/mol. The molecule has 4 N–H and O–H groups in total. The Kier molecular flexibility index (Phi) is 11.1. The van der Waals surface area contributed by atoms with Crippen molar-refractivity contribution < 1.29 is 0 Å². The van der Waals surface area contributed by atoms with Crippen LogP contribution in [-0.2, 0) is 13.0 Å². The van der Waals surface area contributed by atoms with Gasteiger partial charge >= 0.3 is 0 Å². The highest BCUT2D eigenvalue weighted by Gasteiger charge is 2.23. The molecule has 0 fully saturated rings. The maximum atomic E-state index is 6.42. The molecular formula is C27H49N3. The topological polar surface area (TPSA) is 64.4 Å². The van der Waals surface area contributed by atoms with Gasteiger partial charge in [0, 0.05) is 11.5 Å². The molecule has 0 saturated carbocycles. The number of aryl methyl sites for hydroxylation is 1. The standard InChI is InChI=1S/C27H49N3/c1-9-14-23(10-2)26(28)30-18-25-17-24(21(6)20(5)22(25)7)16-13-12-15-19(4)27(8,29)11-3/h17,19,23H,9-16,18,29H2,1-8H3,(H2,28,30). The zero-order chi connectivity index (χ0) is 22.9. The van der Waals surface area contributed by atoms with Gasteiger partial charge in [-0.15, -0.1) is 0 Å². The number of benzene rings is 1. The summed E-state index contributed by atoms with van der Waals surface area (Å²) in [5.74, 6) is 1.80. The summed E-state index contributed by atoms with van der Waals surface area (Å²) in [5.41, 5.74) is 19.7. The monoisotopic (exact) mass is 415 g/mol. The van der Waals surface area contributed by atoms with Gasteiger partial charge in [0.1, 0.15) is 0 Å². The predicted molar refractivity (Wildman–Crippen MR) is 134 cm³/mol. The molecule has 0 aliphatic heterocycles. The first-order chi connectivity index (χ1) is 14.1. The summed E-state index contributed by atoms with van der Waals surface area (Å²) in [4.78, 5) is 4.79. The van der Waals surface area contributed by atoms with E-state index in [2.05, 4.69) is 61.5 Å². The van der Waals surface area contributed by atoms with E-state index in [1.807, 2.05) is 0 Å². The summed E-state index contributed by atoms with van der Waals surface area (Å²) in [5, 5.41) is 0. The lowest BCUT2D eigenvalue weighted by molar-refractivity contribution is 0.284. The van der Waals surface area contributed by atoms with E-state index in [0.29, 0.717) is 18.4 Å². The number of hydrogen-bond acceptors (Lipinski definition) is 2. The lowest BCUT2D eigenvalue weighted by Crippen LogP contribution is -2.42. The first-order valence-corrected chi connectivity index (χ1v) is 12.3. The molecule has 0 aliphatic rings. The highest BCUT2D eigenvalue weighted by molar-refractivity contribution is 5.82. The molecule has 3 atom stereocenters. The molecular weight excluding hydrogens is 366 g/mol. The van der Waals surface area contributed by atoms with E-state index in [1.165, 1.54) is 47.1 Å². The van der Waals surface area contributed by atoms with Crippen LogP contribution in [-0.4, -0.2) is 11.4 Å². The fourth-order valence-corrected chi connectivity index (χ4v) is 4.27. The zero-order valence-electron chi connectivity index (χ0n) is 21.2. The maximum Gasteiger partial charge on any atom is 0.0972 e. The van der Waals surface area contributed by atoms with Crippen molar-refractivity contribution in [2.75, 3.05) is 0 Å². The molecule has 0 saturated heterocycles. The van der Waals surface area contributed by atoms with Crippen LogP contribution in [0.2, 0.25) is 0 Å². The number of hydrogen-bond donors (Lipinski definition) is 2. The molecule has 30 heavy (non-hydrogen) atoms. The third kappa shape index (κ3) is 7.41. The molecule has 1 rings (SSSR count). The largest absolute Gasteiger partial charge is 0.387 e. The van der Waals surface area contributed by atoms with Gasteiger partial charge in [-0.25, -0.2) is 0 Å². The van der Waals surface area contributed by atoms with Gasteiger partial charge in [-0.2, -0.15) is 0 Å². The summed E-state index contributed by atoms with van der Waals surface area (Å²) in [6.07, 6.45) is 9.17. The zero-order valence-corrected chi connectivity index (χ0v) is 21.2. The van der Waals surface area contributed by atoms with Crippen molar-refractivity contribution in [1.82, 2.24) is 0 Å². The van der Waals surface area contributed by atoms with Crippen LogP contribution in [0.25, 0.3) is 0 Å². The Hall–Kier alpha value is -1.35. The summed E-state index contributed by atoms with van der Waals surface area (Å²) in [6.45, 7) is 18.5. The third-order valence-corrected chi connectivity index (χ3v) is 7.64. The van der Waals surface area contributed by atoms with Crippen LogP contribution in [0.4, 0.5) is 0 Å². The van der Waals surface area contributed by atoms with E-state index >= 15 is 0 Å². The molecule has 0 heterocycles. The second-order valence-electron chi connectivity index (χ2n) is 9.71. The molecule has 3 nitrogen and oxygen atoms in total. The minimum absolute atomic E-state index is 0.0460. The molecule has 0 bridgehead atoms. The summed E-state index contributed by atoms with van der Waals surface area (Å²) in [7, 11) is 0. The molecule has 0 radical (unpaired) electrons. The van der Waals surface area contributed by atoms with Crippen LogP contribution < -0.4 is 11.5 Å². The fourth-order valence-electron chi connectivity index (χ4n) is 4.27. The molecule has 172 valence electrons. The Morgan fingerprint density at radius 1 is 1.00 bits per heavy atom. The summed E-state index contributed by atoms with van der Waals surface area (Å²) < 4.78 is 0. The second-order valence-corrected chi connectivity index (χ2v) is 9.71. The van der Waals surface area contributed by atoms with Crippen molar-refractivity contribution >= 4 is 5.84 Å². The van der Waals surface area contributed by atoms with E-state index in [1.54, 1.807) is 0 Å². The van der Waals surface area contributed by atoms with Crippen molar-refractivity contribution in [2.24, 2.45) is 28.3 Å². The van der Waals surface area contributed by atoms with E-state index in [4.69, 9.17) is 16.5 Å². The van der Waals surface area contributed by atoms with Gasteiger partial charge in [0.15, 0.2) is 0 Å². The summed E-state index contributed by atoms with van der Waals surface area (Å²) >= 11 is 0. The third-order valence-electron chi connectivity index (χ3n) is 7.64. The maximum absolute atomic E-state index is 6.42. The SMILES string of the molecule is CCCC(CC)C(N)=NCc1cc(CCCCC(C)C(C)(N)CC)c(C)c(C)c1C. The van der Waals surface area contributed by atoms with Crippen LogP contribution in [0.5, 0.6) is 0 Å². The molecule has 0 aliphatic carbocycles. The molecule has 0 aromatic heterocycles. The van der Waals surface area contributed by atoms with Crippen LogP contribution in [0, 0.1) is 32.6 Å². The van der Waals surface area contributed by atoms with Crippen LogP contribution in [0.3, 0.4) is 0 Å². The van der Waals surface area contributed by atoms with Gasteiger partial charge < -0.3 is 11.5 Å². The highest BCUT2D eigenvalue weighted by Crippen LogP contribution is 2.26. The van der Waals surface area contributed by atoms with Gasteiger partial charge in [0.2, 0.25) is 0 Å². The average Bonchev–Trinajstić information content (AvgIpc) is 2.73. The number of nitrogens with zero attached hydrogens (tertiary/aromatic N) is 1. The van der Waals surface area contributed by atoms with E-state index in [-0.39, 0.29) is 5.54 Å².